The van der Waals surface area contributed by atoms with Crippen molar-refractivity contribution >= 4 is 34.3 Å². The smallest absolute Gasteiger partial charge is 0.247 e. The molecular weight excluding hydrogens is 338 g/mol. The third-order valence-corrected chi connectivity index (χ3v) is 4.25. The number of benzene rings is 2. The van der Waals surface area contributed by atoms with Gasteiger partial charge in [0.1, 0.15) is 0 Å². The Kier molecular flexibility index (Phi) is 5.14. The van der Waals surface area contributed by atoms with Gasteiger partial charge in [-0.1, -0.05) is 41.9 Å². The number of fused-ring (bicyclic) bond motifs is 1. The van der Waals surface area contributed by atoms with Crippen LogP contribution in [0.25, 0.3) is 10.9 Å². The van der Waals surface area contributed by atoms with Crippen molar-refractivity contribution in [1.82, 2.24) is 15.1 Å². The van der Waals surface area contributed by atoms with Crippen LogP contribution < -0.4 is 5.32 Å². The van der Waals surface area contributed by atoms with E-state index in [0.717, 1.165) is 10.9 Å². The molecule has 0 aliphatic heterocycles. The number of hydrogen-bond donors (Lipinski definition) is 1. The molecule has 0 saturated heterocycles. The molecule has 128 valence electrons. The summed E-state index contributed by atoms with van der Waals surface area (Å²) in [6, 6.07) is 14.8. The predicted octanol–water partition coefficient (Wildman–Crippen LogP) is 3.99. The van der Waals surface area contributed by atoms with E-state index in [0.29, 0.717) is 10.5 Å². The summed E-state index contributed by atoms with van der Waals surface area (Å²) in [4.78, 5) is 24.5. The van der Waals surface area contributed by atoms with Gasteiger partial charge in [-0.15, -0.1) is 0 Å². The number of aromatic nitrogens is 2. The largest absolute Gasteiger partial charge is 0.350 e. The second kappa shape index (κ2) is 7.49. The fourth-order valence-corrected chi connectivity index (χ4v) is 2.82. The quantitative estimate of drug-likeness (QED) is 0.752. The van der Waals surface area contributed by atoms with E-state index in [9.17, 15) is 9.59 Å². The Labute approximate surface area is 150 Å². The van der Waals surface area contributed by atoms with Crippen LogP contribution in [-0.4, -0.2) is 21.6 Å². The molecule has 1 heterocycles. The van der Waals surface area contributed by atoms with Crippen molar-refractivity contribution in [3.63, 3.8) is 0 Å². The third-order valence-electron chi connectivity index (χ3n) is 4.01. The van der Waals surface area contributed by atoms with Crippen molar-refractivity contribution in [2.45, 2.75) is 25.8 Å². The van der Waals surface area contributed by atoms with E-state index in [4.69, 9.17) is 11.6 Å². The summed E-state index contributed by atoms with van der Waals surface area (Å²) < 4.78 is 1.30. The normalized spacial score (nSPS) is 12.1. The minimum atomic E-state index is -0.236. The Morgan fingerprint density at radius 1 is 1.16 bits per heavy atom. The molecule has 0 saturated carbocycles. The van der Waals surface area contributed by atoms with Crippen molar-refractivity contribution in [2.24, 2.45) is 0 Å². The highest BCUT2D eigenvalue weighted by atomic mass is 35.5. The zero-order valence-corrected chi connectivity index (χ0v) is 14.5. The molecule has 0 aliphatic carbocycles. The molecule has 0 fully saturated rings. The van der Waals surface area contributed by atoms with Gasteiger partial charge in [-0.25, -0.2) is 4.68 Å². The molecule has 1 N–H and O–H groups in total. The number of nitrogens with zero attached hydrogens (tertiary/aromatic N) is 2. The highest BCUT2D eigenvalue weighted by Gasteiger charge is 2.14. The van der Waals surface area contributed by atoms with Gasteiger partial charge in [0.2, 0.25) is 11.8 Å². The molecule has 3 aromatic rings. The standard InChI is InChI=1S/C19H18ClN3O2/c1-13(14-5-3-2-4-6-14)22-18(24)9-10-19(25)23-17-11-16(20)8-7-15(17)12-21-23/h2-8,11-13H,9-10H2,1H3,(H,22,24)/t13-/m0/s1. The summed E-state index contributed by atoms with van der Waals surface area (Å²) in [5.41, 5.74) is 1.67. The van der Waals surface area contributed by atoms with Crippen LogP contribution in [0.3, 0.4) is 0 Å². The fraction of sp³-hybridized carbons (Fsp3) is 0.211. The van der Waals surface area contributed by atoms with E-state index in [1.807, 2.05) is 43.3 Å². The van der Waals surface area contributed by atoms with Gasteiger partial charge in [0.05, 0.1) is 17.8 Å². The minimum Gasteiger partial charge on any atom is -0.350 e. The van der Waals surface area contributed by atoms with Crippen molar-refractivity contribution in [3.8, 4) is 0 Å². The predicted molar refractivity (Wildman–Crippen MR) is 97.6 cm³/mol. The molecule has 1 aromatic heterocycles. The van der Waals surface area contributed by atoms with E-state index < -0.39 is 0 Å². The highest BCUT2D eigenvalue weighted by molar-refractivity contribution is 6.31. The molecule has 0 unspecified atom stereocenters. The maximum atomic E-state index is 12.4. The lowest BCUT2D eigenvalue weighted by Gasteiger charge is -2.14. The molecule has 0 aliphatic rings. The molecule has 0 spiro atoms. The number of amides is 1. The van der Waals surface area contributed by atoms with Crippen LogP contribution in [0.5, 0.6) is 0 Å². The van der Waals surface area contributed by atoms with E-state index in [1.165, 1.54) is 4.68 Å². The molecule has 3 rings (SSSR count). The van der Waals surface area contributed by atoms with Crippen molar-refractivity contribution in [3.05, 3.63) is 65.3 Å². The van der Waals surface area contributed by atoms with Gasteiger partial charge in [-0.3, -0.25) is 9.59 Å². The van der Waals surface area contributed by atoms with Crippen LogP contribution in [0.15, 0.2) is 54.7 Å². The first-order valence-electron chi connectivity index (χ1n) is 8.05. The van der Waals surface area contributed by atoms with Gasteiger partial charge in [0.25, 0.3) is 0 Å². The topological polar surface area (TPSA) is 64.0 Å². The first-order chi connectivity index (χ1) is 12.0. The maximum Gasteiger partial charge on any atom is 0.247 e. The molecule has 0 radical (unpaired) electrons. The number of rotatable bonds is 5. The van der Waals surface area contributed by atoms with Gasteiger partial charge >= 0.3 is 0 Å². The fourth-order valence-electron chi connectivity index (χ4n) is 2.66. The highest BCUT2D eigenvalue weighted by Crippen LogP contribution is 2.19. The lowest BCUT2D eigenvalue weighted by Crippen LogP contribution is -2.27. The summed E-state index contributed by atoms with van der Waals surface area (Å²) in [7, 11) is 0. The number of halogens is 1. The van der Waals surface area contributed by atoms with Crippen LogP contribution in [0.4, 0.5) is 0 Å². The van der Waals surface area contributed by atoms with Gasteiger partial charge in [-0.05, 0) is 30.7 Å². The van der Waals surface area contributed by atoms with E-state index in [-0.39, 0.29) is 30.7 Å². The zero-order chi connectivity index (χ0) is 17.8. The SMILES string of the molecule is C[C@H](NC(=O)CCC(=O)n1ncc2ccc(Cl)cc21)c1ccccc1. The second-order valence-electron chi connectivity index (χ2n) is 5.85. The van der Waals surface area contributed by atoms with Crippen LogP contribution in [-0.2, 0) is 4.79 Å². The van der Waals surface area contributed by atoms with E-state index in [1.54, 1.807) is 18.3 Å². The molecule has 1 amide bonds. The summed E-state index contributed by atoms with van der Waals surface area (Å²) in [5.74, 6) is -0.404. The van der Waals surface area contributed by atoms with Crippen LogP contribution in [0.2, 0.25) is 5.02 Å². The summed E-state index contributed by atoms with van der Waals surface area (Å²) in [6.07, 6.45) is 1.80. The third kappa shape index (κ3) is 4.06. The maximum absolute atomic E-state index is 12.4. The lowest BCUT2D eigenvalue weighted by atomic mass is 10.1. The Morgan fingerprint density at radius 3 is 2.68 bits per heavy atom. The first-order valence-corrected chi connectivity index (χ1v) is 8.43. The monoisotopic (exact) mass is 355 g/mol. The number of nitrogens with one attached hydrogen (secondary N) is 1. The molecule has 2 aromatic carbocycles. The van der Waals surface area contributed by atoms with Crippen molar-refractivity contribution in [2.75, 3.05) is 0 Å². The van der Waals surface area contributed by atoms with Gasteiger partial charge in [0, 0.05) is 23.3 Å². The van der Waals surface area contributed by atoms with Crippen LogP contribution >= 0.6 is 11.6 Å². The van der Waals surface area contributed by atoms with E-state index in [2.05, 4.69) is 10.4 Å². The van der Waals surface area contributed by atoms with Gasteiger partial charge in [0.15, 0.2) is 0 Å². The number of carbonyl (C=O) groups excluding carboxylic acids is 2. The molecule has 5 nitrogen and oxygen atoms in total. The lowest BCUT2D eigenvalue weighted by molar-refractivity contribution is -0.121. The first kappa shape index (κ1) is 17.2. The minimum absolute atomic E-state index is 0.0800. The van der Waals surface area contributed by atoms with Crippen LogP contribution in [0.1, 0.15) is 36.2 Å². The average Bonchev–Trinajstić information content (AvgIpc) is 3.03. The molecule has 25 heavy (non-hydrogen) atoms. The summed E-state index contributed by atoms with van der Waals surface area (Å²) in [6.45, 7) is 1.91. The Balaban J connectivity index is 1.60. The summed E-state index contributed by atoms with van der Waals surface area (Å²) in [5, 5.41) is 8.37. The average molecular weight is 356 g/mol. The van der Waals surface area contributed by atoms with E-state index >= 15 is 0 Å². The molecular formula is C19H18ClN3O2. The Hall–Kier alpha value is -2.66. The van der Waals surface area contributed by atoms with Crippen molar-refractivity contribution < 1.29 is 9.59 Å². The number of carbonyl (C=O) groups is 2. The molecule has 1 atom stereocenters. The van der Waals surface area contributed by atoms with Gasteiger partial charge < -0.3 is 5.32 Å². The Bertz CT molecular complexity index is 905. The van der Waals surface area contributed by atoms with Crippen molar-refractivity contribution in [1.29, 1.82) is 0 Å². The summed E-state index contributed by atoms with van der Waals surface area (Å²) >= 11 is 5.98. The molecule has 0 bridgehead atoms. The zero-order valence-electron chi connectivity index (χ0n) is 13.8. The van der Waals surface area contributed by atoms with Crippen LogP contribution in [0, 0.1) is 0 Å². The number of hydrogen-bond acceptors (Lipinski definition) is 3. The van der Waals surface area contributed by atoms with Gasteiger partial charge in [-0.2, -0.15) is 5.10 Å². The Morgan fingerprint density at radius 2 is 1.92 bits per heavy atom. The molecule has 6 heteroatoms. The second-order valence-corrected chi connectivity index (χ2v) is 6.29.